The highest BCUT2D eigenvalue weighted by Gasteiger charge is 2.09. The van der Waals surface area contributed by atoms with Gasteiger partial charge in [0.1, 0.15) is 0 Å². The van der Waals surface area contributed by atoms with E-state index in [0.717, 1.165) is 0 Å². The third-order valence-electron chi connectivity index (χ3n) is 1.36. The molecule has 1 aromatic carbocycles. The minimum Gasteiger partial charge on any atom is -0.397 e. The van der Waals surface area contributed by atoms with Crippen molar-refractivity contribution in [2.45, 2.75) is 0 Å². The van der Waals surface area contributed by atoms with Crippen LogP contribution in [0.3, 0.4) is 0 Å². The van der Waals surface area contributed by atoms with Gasteiger partial charge in [-0.05, 0) is 12.1 Å². The number of nitrogens with two attached hydrogens (primary N) is 2. The zero-order chi connectivity index (χ0) is 9.30. The number of hydrogen-bond acceptors (Lipinski definition) is 2. The molecule has 0 spiro atoms. The minimum absolute atomic E-state index is 0.146. The predicted octanol–water partition coefficient (Wildman–Crippen LogP) is 1.67. The van der Waals surface area contributed by atoms with Gasteiger partial charge in [-0.15, -0.1) is 0 Å². The van der Waals surface area contributed by atoms with Crippen LogP contribution < -0.4 is 11.5 Å². The standard InChI is InChI=1S/C7H6Cl2N2O/c8-3-1-4(7(11)12)6(10)5(9)2-3/h1-2H,10H2,(H2,11,12). The Morgan fingerprint density at radius 2 is 1.92 bits per heavy atom. The van der Waals surface area contributed by atoms with Gasteiger partial charge in [-0.2, -0.15) is 0 Å². The molecular formula is C7H6Cl2N2O. The molecule has 0 aliphatic carbocycles. The highest BCUT2D eigenvalue weighted by atomic mass is 35.5. The van der Waals surface area contributed by atoms with Crippen LogP contribution in [0.5, 0.6) is 0 Å². The number of primary amides is 1. The maximum Gasteiger partial charge on any atom is 0.250 e. The van der Waals surface area contributed by atoms with Crippen LogP contribution in [0, 0.1) is 0 Å². The van der Waals surface area contributed by atoms with Gasteiger partial charge in [-0.3, -0.25) is 4.79 Å². The summed E-state index contributed by atoms with van der Waals surface area (Å²) in [5, 5.41) is 0.569. The van der Waals surface area contributed by atoms with E-state index in [2.05, 4.69) is 0 Å². The second kappa shape index (κ2) is 3.21. The number of rotatable bonds is 1. The summed E-state index contributed by atoms with van der Waals surface area (Å²) < 4.78 is 0. The second-order valence-corrected chi connectivity index (χ2v) is 3.06. The lowest BCUT2D eigenvalue weighted by atomic mass is 10.2. The van der Waals surface area contributed by atoms with Gasteiger partial charge in [-0.25, -0.2) is 0 Å². The number of carbonyl (C=O) groups is 1. The fourth-order valence-electron chi connectivity index (χ4n) is 0.789. The lowest BCUT2D eigenvalue weighted by Gasteiger charge is -2.03. The number of benzene rings is 1. The Hall–Kier alpha value is -0.930. The normalized spacial score (nSPS) is 9.83. The zero-order valence-corrected chi connectivity index (χ0v) is 7.49. The summed E-state index contributed by atoms with van der Waals surface area (Å²) >= 11 is 11.3. The van der Waals surface area contributed by atoms with Crippen LogP contribution in [0.1, 0.15) is 10.4 Å². The summed E-state index contributed by atoms with van der Waals surface area (Å²) in [5.74, 6) is -0.642. The molecule has 1 amide bonds. The number of carbonyl (C=O) groups excluding carboxylic acids is 1. The fourth-order valence-corrected chi connectivity index (χ4v) is 1.28. The summed E-state index contributed by atoms with van der Waals surface area (Å²) in [7, 11) is 0. The lowest BCUT2D eigenvalue weighted by Crippen LogP contribution is -2.13. The number of anilines is 1. The Bertz CT molecular complexity index is 338. The number of nitrogen functional groups attached to an aromatic ring is 1. The molecule has 0 aliphatic rings. The molecule has 0 bridgehead atoms. The molecular weight excluding hydrogens is 199 g/mol. The molecule has 1 aromatic rings. The van der Waals surface area contributed by atoms with Crippen molar-refractivity contribution >= 4 is 34.8 Å². The van der Waals surface area contributed by atoms with Crippen LogP contribution in [-0.2, 0) is 0 Å². The Kier molecular flexibility index (Phi) is 2.45. The molecule has 0 atom stereocenters. The topological polar surface area (TPSA) is 69.1 Å². The molecule has 0 saturated carbocycles. The molecule has 0 fully saturated rings. The molecule has 0 aliphatic heterocycles. The summed E-state index contributed by atoms with van der Waals surface area (Å²) in [5.41, 5.74) is 10.8. The van der Waals surface area contributed by atoms with Gasteiger partial charge < -0.3 is 11.5 Å². The van der Waals surface area contributed by atoms with Crippen LogP contribution in [0.2, 0.25) is 10.0 Å². The second-order valence-electron chi connectivity index (χ2n) is 2.21. The van der Waals surface area contributed by atoms with Gasteiger partial charge >= 0.3 is 0 Å². The highest BCUT2D eigenvalue weighted by molar-refractivity contribution is 6.37. The third kappa shape index (κ3) is 1.62. The lowest BCUT2D eigenvalue weighted by molar-refractivity contribution is 0.100. The molecule has 0 heterocycles. The van der Waals surface area contributed by atoms with E-state index < -0.39 is 5.91 Å². The molecule has 0 saturated heterocycles. The van der Waals surface area contributed by atoms with Crippen LogP contribution in [0.25, 0.3) is 0 Å². The third-order valence-corrected chi connectivity index (χ3v) is 1.89. The van der Waals surface area contributed by atoms with Crippen molar-refractivity contribution in [2.75, 3.05) is 5.73 Å². The quantitative estimate of drug-likeness (QED) is 0.684. The maximum atomic E-state index is 10.8. The van der Waals surface area contributed by atoms with E-state index in [9.17, 15) is 4.79 Å². The largest absolute Gasteiger partial charge is 0.397 e. The van der Waals surface area contributed by atoms with E-state index in [1.807, 2.05) is 0 Å². The average Bonchev–Trinajstić information content (AvgIpc) is 1.96. The summed E-state index contributed by atoms with van der Waals surface area (Å²) in [6.45, 7) is 0. The summed E-state index contributed by atoms with van der Waals surface area (Å²) in [4.78, 5) is 10.8. The van der Waals surface area contributed by atoms with Gasteiger partial charge in [0.15, 0.2) is 0 Å². The summed E-state index contributed by atoms with van der Waals surface area (Å²) in [6.07, 6.45) is 0. The smallest absolute Gasteiger partial charge is 0.250 e. The number of amides is 1. The van der Waals surface area contributed by atoms with Crippen LogP contribution in [-0.4, -0.2) is 5.91 Å². The van der Waals surface area contributed by atoms with E-state index in [1.54, 1.807) is 0 Å². The van der Waals surface area contributed by atoms with Crippen molar-refractivity contribution in [2.24, 2.45) is 5.73 Å². The number of halogens is 2. The molecule has 4 N–H and O–H groups in total. The van der Waals surface area contributed by atoms with E-state index in [-0.39, 0.29) is 16.3 Å². The Morgan fingerprint density at radius 3 is 2.42 bits per heavy atom. The molecule has 0 radical (unpaired) electrons. The molecule has 1 rings (SSSR count). The monoisotopic (exact) mass is 204 g/mol. The van der Waals surface area contributed by atoms with Crippen molar-refractivity contribution < 1.29 is 4.79 Å². The minimum atomic E-state index is -0.642. The van der Waals surface area contributed by atoms with Crippen molar-refractivity contribution in [3.8, 4) is 0 Å². The van der Waals surface area contributed by atoms with E-state index in [0.29, 0.717) is 5.02 Å². The summed E-state index contributed by atoms with van der Waals surface area (Å²) in [6, 6.07) is 2.83. The molecule has 5 heteroatoms. The van der Waals surface area contributed by atoms with E-state index in [1.165, 1.54) is 12.1 Å². The van der Waals surface area contributed by atoms with Crippen molar-refractivity contribution in [3.05, 3.63) is 27.7 Å². The molecule has 0 unspecified atom stereocenters. The van der Waals surface area contributed by atoms with Crippen LogP contribution in [0.4, 0.5) is 5.69 Å². The SMILES string of the molecule is NC(=O)c1cc(Cl)cc(Cl)c1N. The fraction of sp³-hybridized carbons (Fsp3) is 0. The van der Waals surface area contributed by atoms with Gasteiger partial charge in [-0.1, -0.05) is 23.2 Å². The Balaban J connectivity index is 3.37. The first kappa shape index (κ1) is 9.16. The molecule has 12 heavy (non-hydrogen) atoms. The van der Waals surface area contributed by atoms with Gasteiger partial charge in [0.2, 0.25) is 0 Å². The first-order valence-electron chi connectivity index (χ1n) is 3.06. The van der Waals surface area contributed by atoms with Gasteiger partial charge in [0.25, 0.3) is 5.91 Å². The maximum absolute atomic E-state index is 10.8. The zero-order valence-electron chi connectivity index (χ0n) is 5.97. The average molecular weight is 205 g/mol. The molecule has 3 nitrogen and oxygen atoms in total. The van der Waals surface area contributed by atoms with Crippen molar-refractivity contribution in [3.63, 3.8) is 0 Å². The van der Waals surface area contributed by atoms with Crippen molar-refractivity contribution in [1.29, 1.82) is 0 Å². The first-order chi connectivity index (χ1) is 5.52. The molecule has 64 valence electrons. The van der Waals surface area contributed by atoms with Crippen LogP contribution >= 0.6 is 23.2 Å². The van der Waals surface area contributed by atoms with Gasteiger partial charge in [0.05, 0.1) is 16.3 Å². The van der Waals surface area contributed by atoms with E-state index >= 15 is 0 Å². The predicted molar refractivity (Wildman–Crippen MR) is 49.4 cm³/mol. The Morgan fingerprint density at radius 1 is 1.33 bits per heavy atom. The first-order valence-corrected chi connectivity index (χ1v) is 3.82. The van der Waals surface area contributed by atoms with Crippen LogP contribution in [0.15, 0.2) is 12.1 Å². The van der Waals surface area contributed by atoms with E-state index in [4.69, 9.17) is 34.7 Å². The van der Waals surface area contributed by atoms with Gasteiger partial charge in [0, 0.05) is 5.02 Å². The molecule has 0 aromatic heterocycles. The van der Waals surface area contributed by atoms with Crippen molar-refractivity contribution in [1.82, 2.24) is 0 Å². The number of hydrogen-bond donors (Lipinski definition) is 2. The Labute approximate surface area is 79.2 Å². The highest BCUT2D eigenvalue weighted by Crippen LogP contribution is 2.26.